The van der Waals surface area contributed by atoms with Gasteiger partial charge in [-0.15, -0.1) is 0 Å². The highest BCUT2D eigenvalue weighted by molar-refractivity contribution is 8.00. The summed E-state index contributed by atoms with van der Waals surface area (Å²) in [7, 11) is 0. The van der Waals surface area contributed by atoms with E-state index in [4.69, 9.17) is 0 Å². The molecule has 1 fully saturated rings. The highest BCUT2D eigenvalue weighted by Gasteiger charge is 2.39. The van der Waals surface area contributed by atoms with Gasteiger partial charge in [0.05, 0.1) is 0 Å². The molecule has 0 bridgehead atoms. The molecule has 5 heteroatoms. The van der Waals surface area contributed by atoms with Gasteiger partial charge >= 0.3 is 5.51 Å². The molecule has 1 nitrogen and oxygen atoms in total. The highest BCUT2D eigenvalue weighted by Crippen LogP contribution is 2.37. The zero-order valence-electron chi connectivity index (χ0n) is 10.2. The predicted molar refractivity (Wildman–Crippen MR) is 68.9 cm³/mol. The lowest BCUT2D eigenvalue weighted by Crippen LogP contribution is -2.57. The summed E-state index contributed by atoms with van der Waals surface area (Å²) >= 11 is 0.0797. The van der Waals surface area contributed by atoms with E-state index in [1.165, 1.54) is 5.56 Å². The highest BCUT2D eigenvalue weighted by atomic mass is 32.2. The lowest BCUT2D eigenvalue weighted by molar-refractivity contribution is -0.0329. The molecule has 1 saturated heterocycles. The van der Waals surface area contributed by atoms with Gasteiger partial charge in [-0.05, 0) is 18.9 Å². The third-order valence-corrected chi connectivity index (χ3v) is 4.17. The van der Waals surface area contributed by atoms with Gasteiger partial charge in [0.1, 0.15) is 0 Å². The minimum Gasteiger partial charge on any atom is -0.315 e. The van der Waals surface area contributed by atoms with E-state index < -0.39 is 5.51 Å². The molecule has 0 radical (unpaired) electrons. The van der Waals surface area contributed by atoms with Gasteiger partial charge in [0.15, 0.2) is 0 Å². The van der Waals surface area contributed by atoms with Crippen molar-refractivity contribution in [3.63, 3.8) is 0 Å². The Morgan fingerprint density at radius 2 is 1.83 bits per heavy atom. The first-order valence-electron chi connectivity index (χ1n) is 5.90. The average molecular weight is 275 g/mol. The van der Waals surface area contributed by atoms with Crippen molar-refractivity contribution in [2.75, 3.05) is 18.8 Å². The second-order valence-corrected chi connectivity index (χ2v) is 5.95. The third-order valence-electron chi connectivity index (χ3n) is 3.44. The molecular weight excluding hydrogens is 259 g/mol. The van der Waals surface area contributed by atoms with Crippen LogP contribution in [0.4, 0.5) is 13.2 Å². The van der Waals surface area contributed by atoms with E-state index in [0.717, 1.165) is 18.7 Å². The summed E-state index contributed by atoms with van der Waals surface area (Å²) in [6.07, 6.45) is 0.563. The summed E-state index contributed by atoms with van der Waals surface area (Å²) in [5.74, 6) is 0.124. The van der Waals surface area contributed by atoms with Crippen LogP contribution in [0.3, 0.4) is 0 Å². The molecule has 0 spiro atoms. The number of thioether (sulfide) groups is 1. The second kappa shape index (κ2) is 5.13. The number of nitrogens with one attached hydrogen (secondary N) is 1. The van der Waals surface area contributed by atoms with Crippen LogP contribution in [0, 0.1) is 6.92 Å². The van der Waals surface area contributed by atoms with Crippen molar-refractivity contribution in [1.82, 2.24) is 5.32 Å². The Kier molecular flexibility index (Phi) is 3.92. The van der Waals surface area contributed by atoms with Crippen molar-refractivity contribution in [2.45, 2.75) is 24.3 Å². The van der Waals surface area contributed by atoms with E-state index in [2.05, 4.69) is 5.32 Å². The largest absolute Gasteiger partial charge is 0.441 e. The lowest BCUT2D eigenvalue weighted by Gasteiger charge is -2.43. The number of benzene rings is 1. The van der Waals surface area contributed by atoms with Crippen molar-refractivity contribution in [3.05, 3.63) is 35.4 Å². The number of hydrogen-bond acceptors (Lipinski definition) is 2. The van der Waals surface area contributed by atoms with E-state index in [-0.39, 0.29) is 22.9 Å². The van der Waals surface area contributed by atoms with Gasteiger partial charge in [0.25, 0.3) is 0 Å². The van der Waals surface area contributed by atoms with Crippen molar-refractivity contribution in [2.24, 2.45) is 0 Å². The van der Waals surface area contributed by atoms with Gasteiger partial charge in [0, 0.05) is 24.3 Å². The van der Waals surface area contributed by atoms with Gasteiger partial charge < -0.3 is 5.32 Å². The number of alkyl halides is 3. The minimum atomic E-state index is -4.12. The van der Waals surface area contributed by atoms with Crippen molar-refractivity contribution >= 4 is 11.8 Å². The van der Waals surface area contributed by atoms with Crippen LogP contribution < -0.4 is 5.32 Å². The number of aryl methyl sites for hydroxylation is 1. The smallest absolute Gasteiger partial charge is 0.315 e. The Bertz CT molecular complexity index is 396. The Morgan fingerprint density at radius 1 is 1.22 bits per heavy atom. The van der Waals surface area contributed by atoms with Gasteiger partial charge in [-0.3, -0.25) is 0 Å². The first kappa shape index (κ1) is 13.7. The van der Waals surface area contributed by atoms with E-state index in [9.17, 15) is 13.2 Å². The summed E-state index contributed by atoms with van der Waals surface area (Å²) in [4.78, 5) is 0. The van der Waals surface area contributed by atoms with Crippen LogP contribution >= 0.6 is 11.8 Å². The molecule has 0 atom stereocenters. The lowest BCUT2D eigenvalue weighted by atomic mass is 9.73. The SMILES string of the molecule is Cc1ccc(C2(CCSC(F)(F)F)CNC2)cc1. The van der Waals surface area contributed by atoms with Gasteiger partial charge in [0.2, 0.25) is 0 Å². The molecule has 1 aromatic carbocycles. The summed E-state index contributed by atoms with van der Waals surface area (Å²) in [5, 5.41) is 3.17. The fourth-order valence-electron chi connectivity index (χ4n) is 2.22. The Morgan fingerprint density at radius 3 is 2.28 bits per heavy atom. The molecule has 100 valence electrons. The van der Waals surface area contributed by atoms with E-state index in [0.29, 0.717) is 6.42 Å². The second-order valence-electron chi connectivity index (χ2n) is 4.79. The quantitative estimate of drug-likeness (QED) is 0.903. The zero-order valence-corrected chi connectivity index (χ0v) is 11.0. The van der Waals surface area contributed by atoms with Gasteiger partial charge in [-0.1, -0.05) is 41.6 Å². The maximum atomic E-state index is 12.2. The molecule has 1 aromatic rings. The molecule has 0 aliphatic carbocycles. The van der Waals surface area contributed by atoms with Crippen molar-refractivity contribution in [1.29, 1.82) is 0 Å². The minimum absolute atomic E-state index is 0.0797. The first-order chi connectivity index (χ1) is 8.41. The summed E-state index contributed by atoms with van der Waals surface area (Å²) in [6, 6.07) is 8.11. The molecule has 0 saturated carbocycles. The third kappa shape index (κ3) is 3.20. The van der Waals surface area contributed by atoms with Gasteiger partial charge in [-0.2, -0.15) is 13.2 Å². The topological polar surface area (TPSA) is 12.0 Å². The van der Waals surface area contributed by atoms with E-state index in [1.807, 2.05) is 31.2 Å². The standard InChI is InChI=1S/C13H16F3NS/c1-10-2-4-11(5-3-10)12(8-17-9-12)6-7-18-13(14,15)16/h2-5,17H,6-9H2,1H3. The summed E-state index contributed by atoms with van der Waals surface area (Å²) in [6.45, 7) is 3.55. The monoisotopic (exact) mass is 275 g/mol. The fraction of sp³-hybridized carbons (Fsp3) is 0.538. The van der Waals surface area contributed by atoms with Crippen molar-refractivity contribution in [3.8, 4) is 0 Å². The Labute approximate surface area is 109 Å². The van der Waals surface area contributed by atoms with Crippen LogP contribution in [-0.2, 0) is 5.41 Å². The Hall–Kier alpha value is -0.680. The maximum absolute atomic E-state index is 12.2. The average Bonchev–Trinajstić information content (AvgIpc) is 2.22. The first-order valence-corrected chi connectivity index (χ1v) is 6.88. The molecule has 0 amide bonds. The molecular formula is C13H16F3NS. The molecule has 1 aliphatic heterocycles. The molecule has 1 aliphatic rings. The maximum Gasteiger partial charge on any atom is 0.441 e. The van der Waals surface area contributed by atoms with Crippen LogP contribution in [0.5, 0.6) is 0 Å². The molecule has 0 unspecified atom stereocenters. The Balaban J connectivity index is 2.00. The van der Waals surface area contributed by atoms with Gasteiger partial charge in [-0.25, -0.2) is 0 Å². The molecule has 18 heavy (non-hydrogen) atoms. The number of rotatable bonds is 4. The van der Waals surface area contributed by atoms with Crippen LogP contribution in [0.15, 0.2) is 24.3 Å². The van der Waals surface area contributed by atoms with Crippen LogP contribution in [0.1, 0.15) is 17.5 Å². The van der Waals surface area contributed by atoms with Crippen LogP contribution in [-0.4, -0.2) is 24.4 Å². The number of halogens is 3. The van der Waals surface area contributed by atoms with E-state index in [1.54, 1.807) is 0 Å². The molecule has 0 aromatic heterocycles. The summed E-state index contributed by atoms with van der Waals surface area (Å²) < 4.78 is 36.5. The van der Waals surface area contributed by atoms with Crippen molar-refractivity contribution < 1.29 is 13.2 Å². The molecule has 1 heterocycles. The predicted octanol–water partition coefficient (Wildman–Crippen LogP) is 3.48. The fourth-order valence-corrected chi connectivity index (χ4v) is 2.95. The van der Waals surface area contributed by atoms with E-state index >= 15 is 0 Å². The molecule has 2 rings (SSSR count). The zero-order chi connectivity index (χ0) is 13.2. The molecule has 1 N–H and O–H groups in total. The van der Waals surface area contributed by atoms with Crippen LogP contribution in [0.25, 0.3) is 0 Å². The summed E-state index contributed by atoms with van der Waals surface area (Å²) in [5.41, 5.74) is -1.90. The number of hydrogen-bond donors (Lipinski definition) is 1. The van der Waals surface area contributed by atoms with Crippen LogP contribution in [0.2, 0.25) is 0 Å². The normalized spacial score (nSPS) is 18.4.